The van der Waals surface area contributed by atoms with Crippen molar-refractivity contribution in [1.29, 1.82) is 5.26 Å². The summed E-state index contributed by atoms with van der Waals surface area (Å²) in [7, 11) is 2.05. The van der Waals surface area contributed by atoms with Gasteiger partial charge in [-0.15, -0.1) is 0 Å². The number of ether oxygens (including phenoxy) is 1. The molecule has 1 fully saturated rings. The molecule has 5 rings (SSSR count). The lowest BCUT2D eigenvalue weighted by Gasteiger charge is -2.37. The van der Waals surface area contributed by atoms with E-state index in [4.69, 9.17) is 10.00 Å². The van der Waals surface area contributed by atoms with E-state index in [0.717, 1.165) is 46.7 Å². The summed E-state index contributed by atoms with van der Waals surface area (Å²) in [5, 5.41) is 11.2. The normalized spacial score (nSPS) is 19.9. The van der Waals surface area contributed by atoms with Crippen molar-refractivity contribution in [2.45, 2.75) is 26.1 Å². The van der Waals surface area contributed by atoms with Crippen LogP contribution in [0.4, 0.5) is 11.4 Å². The predicted octanol–water partition coefficient (Wildman–Crippen LogP) is 5.61. The van der Waals surface area contributed by atoms with Gasteiger partial charge >= 0.3 is 0 Å². The number of morpholine rings is 1. The molecule has 3 aromatic carbocycles. The molecular formula is C28H28N4O. The molecule has 5 nitrogen and oxygen atoms in total. The largest absolute Gasteiger partial charge is 0.372 e. The van der Waals surface area contributed by atoms with Crippen LogP contribution in [0, 0.1) is 11.3 Å². The molecule has 166 valence electrons. The van der Waals surface area contributed by atoms with E-state index in [2.05, 4.69) is 83.8 Å². The number of hydrogen-bond donors (Lipinski definition) is 1. The summed E-state index contributed by atoms with van der Waals surface area (Å²) in [6.45, 7) is 6.10. The van der Waals surface area contributed by atoms with Crippen LogP contribution in [0.1, 0.15) is 30.5 Å². The molecule has 5 heteroatoms. The Labute approximate surface area is 195 Å². The van der Waals surface area contributed by atoms with Gasteiger partial charge in [-0.25, -0.2) is 0 Å². The molecule has 0 unspecified atom stereocenters. The number of nitrogens with zero attached hydrogens (tertiary/aromatic N) is 3. The Bertz CT molecular complexity index is 1210. The molecule has 0 amide bonds. The zero-order valence-corrected chi connectivity index (χ0v) is 19.2. The van der Waals surface area contributed by atoms with Crippen LogP contribution in [-0.4, -0.2) is 37.4 Å². The maximum atomic E-state index is 9.09. The molecule has 2 aliphatic heterocycles. The fourth-order valence-corrected chi connectivity index (χ4v) is 4.76. The average Bonchev–Trinajstić information content (AvgIpc) is 2.83. The Morgan fingerprint density at radius 1 is 0.909 bits per heavy atom. The molecule has 1 N–H and O–H groups in total. The van der Waals surface area contributed by atoms with E-state index in [1.807, 2.05) is 31.3 Å². The molecule has 2 aliphatic rings. The fourth-order valence-electron chi connectivity index (χ4n) is 4.76. The third kappa shape index (κ3) is 4.18. The summed E-state index contributed by atoms with van der Waals surface area (Å²) >= 11 is 0. The van der Waals surface area contributed by atoms with E-state index in [0.29, 0.717) is 5.56 Å². The monoisotopic (exact) mass is 436 g/mol. The highest BCUT2D eigenvalue weighted by Crippen LogP contribution is 2.38. The van der Waals surface area contributed by atoms with Crippen LogP contribution in [-0.2, 0) is 4.74 Å². The van der Waals surface area contributed by atoms with Crippen LogP contribution in [0.5, 0.6) is 0 Å². The molecule has 0 radical (unpaired) electrons. The number of nitriles is 1. The zero-order chi connectivity index (χ0) is 22.9. The van der Waals surface area contributed by atoms with Crippen molar-refractivity contribution < 1.29 is 4.74 Å². The van der Waals surface area contributed by atoms with E-state index >= 15 is 0 Å². The van der Waals surface area contributed by atoms with Gasteiger partial charge in [-0.3, -0.25) is 10.4 Å². The highest BCUT2D eigenvalue weighted by atomic mass is 16.5. The lowest BCUT2D eigenvalue weighted by Crippen LogP contribution is -2.45. The average molecular weight is 437 g/mol. The molecule has 0 aliphatic carbocycles. The van der Waals surface area contributed by atoms with Gasteiger partial charge < -0.3 is 9.64 Å². The second kappa shape index (κ2) is 8.65. The van der Waals surface area contributed by atoms with Crippen LogP contribution < -0.4 is 10.3 Å². The van der Waals surface area contributed by atoms with Gasteiger partial charge in [-0.1, -0.05) is 42.5 Å². The first-order valence-corrected chi connectivity index (χ1v) is 11.4. The fraction of sp³-hybridized carbons (Fsp3) is 0.250. The number of fused-ring (bicyclic) bond motifs is 1. The second-order valence-corrected chi connectivity index (χ2v) is 8.87. The number of benzene rings is 3. The smallest absolute Gasteiger partial charge is 0.0991 e. The van der Waals surface area contributed by atoms with Crippen molar-refractivity contribution in [2.75, 3.05) is 30.5 Å². The Kier molecular flexibility index (Phi) is 5.53. The highest BCUT2D eigenvalue weighted by Gasteiger charge is 2.23. The number of rotatable bonds is 3. The quantitative estimate of drug-likeness (QED) is 0.578. The standard InChI is InChI=1S/C28H28N4O/c1-19-17-32(18-20(2)33-19)25-13-11-23(12-14-25)27-15-24-5-4-6-26(28(24)30-31(27)3)22-9-7-21(16-29)8-10-22/h4-15,19-20,30H,17-18H2,1-3H3/t19-,20+. The summed E-state index contributed by atoms with van der Waals surface area (Å²) in [6, 6.07) is 25.0. The van der Waals surface area contributed by atoms with Crippen molar-refractivity contribution >= 4 is 23.1 Å². The van der Waals surface area contributed by atoms with Gasteiger partial charge in [0.2, 0.25) is 0 Å². The van der Waals surface area contributed by atoms with Crippen LogP contribution in [0.3, 0.4) is 0 Å². The van der Waals surface area contributed by atoms with Gasteiger partial charge in [-0.2, -0.15) is 5.26 Å². The first-order chi connectivity index (χ1) is 16.0. The topological polar surface area (TPSA) is 51.5 Å². The van der Waals surface area contributed by atoms with Gasteiger partial charge in [0.05, 0.1) is 35.2 Å². The molecule has 2 heterocycles. The van der Waals surface area contributed by atoms with Crippen LogP contribution in [0.2, 0.25) is 0 Å². The van der Waals surface area contributed by atoms with E-state index < -0.39 is 0 Å². The van der Waals surface area contributed by atoms with Gasteiger partial charge in [0.1, 0.15) is 0 Å². The van der Waals surface area contributed by atoms with Gasteiger partial charge in [0, 0.05) is 37.0 Å². The first kappa shape index (κ1) is 21.1. The van der Waals surface area contributed by atoms with E-state index in [-0.39, 0.29) is 12.2 Å². The number of hydrazine groups is 1. The molecule has 0 spiro atoms. The summed E-state index contributed by atoms with van der Waals surface area (Å²) in [4.78, 5) is 2.40. The minimum Gasteiger partial charge on any atom is -0.372 e. The third-order valence-electron chi connectivity index (χ3n) is 6.30. The molecule has 0 bridgehead atoms. The Hall–Kier alpha value is -3.75. The van der Waals surface area contributed by atoms with Crippen molar-refractivity contribution in [3.63, 3.8) is 0 Å². The van der Waals surface area contributed by atoms with Crippen molar-refractivity contribution in [1.82, 2.24) is 5.01 Å². The van der Waals surface area contributed by atoms with Crippen molar-refractivity contribution in [3.05, 3.63) is 83.4 Å². The van der Waals surface area contributed by atoms with Crippen molar-refractivity contribution in [3.8, 4) is 17.2 Å². The Morgan fingerprint density at radius 3 is 2.24 bits per heavy atom. The molecule has 1 saturated heterocycles. The molecule has 0 aromatic heterocycles. The second-order valence-electron chi connectivity index (χ2n) is 8.87. The minimum atomic E-state index is 0.242. The van der Waals surface area contributed by atoms with Crippen LogP contribution >= 0.6 is 0 Å². The molecule has 33 heavy (non-hydrogen) atoms. The summed E-state index contributed by atoms with van der Waals surface area (Å²) in [6.07, 6.45) is 2.71. The Balaban J connectivity index is 1.44. The van der Waals surface area contributed by atoms with Gasteiger partial charge in [0.25, 0.3) is 0 Å². The van der Waals surface area contributed by atoms with Crippen molar-refractivity contribution in [2.24, 2.45) is 0 Å². The molecule has 0 saturated carbocycles. The lowest BCUT2D eigenvalue weighted by molar-refractivity contribution is -0.00521. The number of anilines is 2. The van der Waals surface area contributed by atoms with Gasteiger partial charge in [0.15, 0.2) is 0 Å². The van der Waals surface area contributed by atoms with Gasteiger partial charge in [-0.05, 0) is 55.3 Å². The lowest BCUT2D eigenvalue weighted by atomic mass is 9.97. The highest BCUT2D eigenvalue weighted by molar-refractivity contribution is 5.93. The van der Waals surface area contributed by atoms with Crippen LogP contribution in [0.15, 0.2) is 66.7 Å². The molecular weight excluding hydrogens is 408 g/mol. The van der Waals surface area contributed by atoms with Crippen LogP contribution in [0.25, 0.3) is 22.9 Å². The van der Waals surface area contributed by atoms with E-state index in [9.17, 15) is 0 Å². The zero-order valence-electron chi connectivity index (χ0n) is 19.2. The first-order valence-electron chi connectivity index (χ1n) is 11.4. The number of nitrogens with one attached hydrogen (secondary N) is 1. The molecule has 3 aromatic rings. The number of para-hydroxylation sites is 1. The number of hydrogen-bond acceptors (Lipinski definition) is 5. The predicted molar refractivity (Wildman–Crippen MR) is 135 cm³/mol. The molecule has 2 atom stereocenters. The maximum absolute atomic E-state index is 9.09. The summed E-state index contributed by atoms with van der Waals surface area (Å²) < 4.78 is 5.88. The van der Waals surface area contributed by atoms with E-state index in [1.165, 1.54) is 5.69 Å². The third-order valence-corrected chi connectivity index (χ3v) is 6.30. The SMILES string of the molecule is C[C@@H]1CN(c2ccc(C3=Cc4cccc(-c5ccc(C#N)cc5)c4NN3C)cc2)C[C@H](C)O1. The summed E-state index contributed by atoms with van der Waals surface area (Å²) in [5.74, 6) is 0. The maximum Gasteiger partial charge on any atom is 0.0991 e. The summed E-state index contributed by atoms with van der Waals surface area (Å²) in [5.41, 5.74) is 12.2. The van der Waals surface area contributed by atoms with E-state index in [1.54, 1.807) is 0 Å². The Morgan fingerprint density at radius 2 is 1.58 bits per heavy atom. The minimum absolute atomic E-state index is 0.242.